The zero-order valence-electron chi connectivity index (χ0n) is 14.0. The minimum Gasteiger partial charge on any atom is -0.480 e. The largest absolute Gasteiger partial charge is 0.480 e. The zero-order valence-corrected chi connectivity index (χ0v) is 15.6. The number of carbonyl (C=O) groups is 2. The summed E-state index contributed by atoms with van der Waals surface area (Å²) in [5, 5.41) is 9.22. The molecule has 7 heteroatoms. The van der Waals surface area contributed by atoms with Gasteiger partial charge in [-0.05, 0) is 24.1 Å². The molecular formula is C18H18O5S2. The normalized spacial score (nSPS) is 13.9. The molecule has 5 nitrogen and oxygen atoms in total. The summed E-state index contributed by atoms with van der Waals surface area (Å²) in [6.07, 6.45) is 1.14. The van der Waals surface area contributed by atoms with Crippen molar-refractivity contribution in [2.24, 2.45) is 0 Å². The fourth-order valence-electron chi connectivity index (χ4n) is 2.51. The highest BCUT2D eigenvalue weighted by Gasteiger charge is 2.37. The molecule has 0 aliphatic heterocycles. The molecule has 0 aliphatic rings. The summed E-state index contributed by atoms with van der Waals surface area (Å²) in [6, 6.07) is 13.2. The average molecular weight is 378 g/mol. The second-order valence-electron chi connectivity index (χ2n) is 5.78. The standard InChI is InChI=1S/C18H18O5S2/c1-12(19)24-18(2,17(20)21)14-10-8-13(9-11-14)15-6-4-5-7-16(15)25(3,22)23/h4-11H,1-3H3,(H,20,21). The number of hydrogen-bond donors (Lipinski definition) is 1. The smallest absolute Gasteiger partial charge is 0.324 e. The minimum atomic E-state index is -3.39. The molecule has 0 bridgehead atoms. The van der Waals surface area contributed by atoms with Crippen LogP contribution in [0.5, 0.6) is 0 Å². The van der Waals surface area contributed by atoms with Crippen LogP contribution in [0.4, 0.5) is 0 Å². The molecule has 0 saturated heterocycles. The molecule has 0 aliphatic carbocycles. The van der Waals surface area contributed by atoms with Gasteiger partial charge in [0.05, 0.1) is 4.90 Å². The van der Waals surface area contributed by atoms with Crippen molar-refractivity contribution in [2.75, 3.05) is 6.26 Å². The van der Waals surface area contributed by atoms with Gasteiger partial charge in [0.2, 0.25) is 0 Å². The fourth-order valence-corrected chi connectivity index (χ4v) is 4.34. The van der Waals surface area contributed by atoms with Crippen molar-refractivity contribution in [3.63, 3.8) is 0 Å². The lowest BCUT2D eigenvalue weighted by molar-refractivity contribution is -0.139. The van der Waals surface area contributed by atoms with E-state index in [0.717, 1.165) is 18.0 Å². The molecule has 0 amide bonds. The summed E-state index contributed by atoms with van der Waals surface area (Å²) in [5.74, 6) is -1.11. The van der Waals surface area contributed by atoms with Gasteiger partial charge < -0.3 is 5.11 Å². The molecule has 1 atom stereocenters. The predicted octanol–water partition coefficient (Wildman–Crippen LogP) is 3.34. The van der Waals surface area contributed by atoms with Crippen molar-refractivity contribution < 1.29 is 23.1 Å². The molecule has 1 N–H and O–H groups in total. The number of sulfone groups is 1. The fraction of sp³-hybridized carbons (Fsp3) is 0.222. The lowest BCUT2D eigenvalue weighted by atomic mass is 9.97. The first-order valence-electron chi connectivity index (χ1n) is 7.38. The Morgan fingerprint density at radius 2 is 1.60 bits per heavy atom. The number of thioether (sulfide) groups is 1. The highest BCUT2D eigenvalue weighted by Crippen LogP contribution is 2.38. The number of rotatable bonds is 5. The van der Waals surface area contributed by atoms with Gasteiger partial charge in [-0.3, -0.25) is 9.59 Å². The van der Waals surface area contributed by atoms with E-state index in [1.807, 2.05) is 0 Å². The maximum atomic E-state index is 11.9. The number of hydrogen-bond acceptors (Lipinski definition) is 5. The molecule has 132 valence electrons. The third-order valence-corrected chi connectivity index (χ3v) is 6.05. The molecule has 0 heterocycles. The summed E-state index contributed by atoms with van der Waals surface area (Å²) < 4.78 is 22.5. The molecule has 0 spiro atoms. The Kier molecular flexibility index (Phi) is 5.39. The number of benzene rings is 2. The van der Waals surface area contributed by atoms with Crippen LogP contribution < -0.4 is 0 Å². The minimum absolute atomic E-state index is 0.210. The van der Waals surface area contributed by atoms with Crippen LogP contribution in [0.3, 0.4) is 0 Å². The van der Waals surface area contributed by atoms with Gasteiger partial charge in [0.15, 0.2) is 15.0 Å². The maximum absolute atomic E-state index is 11.9. The van der Waals surface area contributed by atoms with Gasteiger partial charge in [0, 0.05) is 18.7 Å². The molecule has 0 fully saturated rings. The van der Waals surface area contributed by atoms with E-state index in [4.69, 9.17) is 0 Å². The number of carbonyl (C=O) groups excluding carboxylic acids is 1. The topological polar surface area (TPSA) is 88.5 Å². The molecular weight excluding hydrogens is 360 g/mol. The van der Waals surface area contributed by atoms with Crippen LogP contribution in [0.25, 0.3) is 11.1 Å². The Morgan fingerprint density at radius 1 is 1.04 bits per heavy atom. The van der Waals surface area contributed by atoms with Gasteiger partial charge in [-0.1, -0.05) is 54.2 Å². The van der Waals surface area contributed by atoms with Crippen LogP contribution in [0.2, 0.25) is 0 Å². The van der Waals surface area contributed by atoms with Crippen LogP contribution in [0.1, 0.15) is 19.4 Å². The summed E-state index contributed by atoms with van der Waals surface area (Å²) >= 11 is 0.738. The molecule has 0 saturated carbocycles. The first kappa shape index (κ1) is 19.2. The van der Waals surface area contributed by atoms with Crippen LogP contribution in [0, 0.1) is 0 Å². The van der Waals surface area contributed by atoms with E-state index in [9.17, 15) is 23.1 Å². The van der Waals surface area contributed by atoms with Crippen molar-refractivity contribution in [3.8, 4) is 11.1 Å². The Hall–Kier alpha value is -2.12. The van der Waals surface area contributed by atoms with E-state index in [2.05, 4.69) is 0 Å². The highest BCUT2D eigenvalue weighted by molar-refractivity contribution is 8.14. The van der Waals surface area contributed by atoms with Gasteiger partial charge in [-0.25, -0.2) is 8.42 Å². The van der Waals surface area contributed by atoms with Crippen LogP contribution in [0.15, 0.2) is 53.4 Å². The van der Waals surface area contributed by atoms with Crippen LogP contribution in [-0.4, -0.2) is 30.9 Å². The molecule has 2 rings (SSSR count). The second-order valence-corrected chi connectivity index (χ2v) is 9.36. The number of carboxylic acids is 1. The monoisotopic (exact) mass is 378 g/mol. The number of aliphatic carboxylic acids is 1. The quantitative estimate of drug-likeness (QED) is 0.858. The average Bonchev–Trinajstić information content (AvgIpc) is 2.53. The Balaban J connectivity index is 2.51. The lowest BCUT2D eigenvalue weighted by Gasteiger charge is -2.23. The Bertz CT molecular complexity index is 917. The van der Waals surface area contributed by atoms with Gasteiger partial charge in [0.1, 0.15) is 4.75 Å². The van der Waals surface area contributed by atoms with E-state index >= 15 is 0 Å². The maximum Gasteiger partial charge on any atom is 0.324 e. The first-order valence-corrected chi connectivity index (χ1v) is 10.1. The van der Waals surface area contributed by atoms with Crippen LogP contribution in [-0.2, 0) is 24.2 Å². The lowest BCUT2D eigenvalue weighted by Crippen LogP contribution is -2.29. The molecule has 25 heavy (non-hydrogen) atoms. The molecule has 0 radical (unpaired) electrons. The van der Waals surface area contributed by atoms with E-state index in [1.54, 1.807) is 42.5 Å². The molecule has 2 aromatic rings. The van der Waals surface area contributed by atoms with Gasteiger partial charge in [0.25, 0.3) is 0 Å². The third-order valence-electron chi connectivity index (χ3n) is 3.79. The second kappa shape index (κ2) is 7.01. The number of carboxylic acid groups (broad SMARTS) is 1. The third kappa shape index (κ3) is 4.11. The van der Waals surface area contributed by atoms with Gasteiger partial charge in [-0.15, -0.1) is 0 Å². The first-order chi connectivity index (χ1) is 11.6. The van der Waals surface area contributed by atoms with E-state index in [0.29, 0.717) is 16.7 Å². The van der Waals surface area contributed by atoms with Gasteiger partial charge in [-0.2, -0.15) is 0 Å². The summed E-state index contributed by atoms with van der Waals surface area (Å²) in [6.45, 7) is 2.80. The van der Waals surface area contributed by atoms with E-state index < -0.39 is 20.6 Å². The van der Waals surface area contributed by atoms with Gasteiger partial charge >= 0.3 is 5.97 Å². The molecule has 0 aromatic heterocycles. The van der Waals surface area contributed by atoms with Crippen molar-refractivity contribution >= 4 is 32.7 Å². The molecule has 2 aromatic carbocycles. The van der Waals surface area contributed by atoms with E-state index in [1.165, 1.54) is 19.9 Å². The summed E-state index contributed by atoms with van der Waals surface area (Å²) in [4.78, 5) is 23.3. The van der Waals surface area contributed by atoms with Crippen molar-refractivity contribution in [2.45, 2.75) is 23.5 Å². The van der Waals surface area contributed by atoms with Crippen LogP contribution >= 0.6 is 11.8 Å². The van der Waals surface area contributed by atoms with Crippen molar-refractivity contribution in [3.05, 3.63) is 54.1 Å². The SMILES string of the molecule is CC(=O)SC(C)(C(=O)O)c1ccc(-c2ccccc2S(C)(=O)=O)cc1. The summed E-state index contributed by atoms with van der Waals surface area (Å²) in [5.41, 5.74) is 1.67. The predicted molar refractivity (Wildman–Crippen MR) is 98.2 cm³/mol. The van der Waals surface area contributed by atoms with E-state index in [-0.39, 0.29) is 10.0 Å². The Labute approximate surface area is 151 Å². The Morgan fingerprint density at radius 3 is 2.08 bits per heavy atom. The summed E-state index contributed by atoms with van der Waals surface area (Å²) in [7, 11) is -3.39. The molecule has 1 unspecified atom stereocenters. The van der Waals surface area contributed by atoms with Crippen molar-refractivity contribution in [1.82, 2.24) is 0 Å². The van der Waals surface area contributed by atoms with Crippen molar-refractivity contribution in [1.29, 1.82) is 0 Å². The highest BCUT2D eigenvalue weighted by atomic mass is 32.2. The zero-order chi connectivity index (χ0) is 18.8.